The average molecular weight is 199 g/mol. The summed E-state index contributed by atoms with van der Waals surface area (Å²) in [5.41, 5.74) is 0.636. The van der Waals surface area contributed by atoms with Crippen LogP contribution in [0.3, 0.4) is 0 Å². The Balaban J connectivity index is 3.19. The molecule has 0 aliphatic heterocycles. The van der Waals surface area contributed by atoms with Gasteiger partial charge in [-0.15, -0.1) is 0 Å². The summed E-state index contributed by atoms with van der Waals surface area (Å²) < 4.78 is 0. The molecule has 0 saturated carbocycles. The highest BCUT2D eigenvalue weighted by atomic mass is 16.1. The first-order chi connectivity index (χ1) is 7.43. The summed E-state index contributed by atoms with van der Waals surface area (Å²) in [4.78, 5) is 13.6. The number of carbonyl (C=O) groups is 1. The molecule has 0 saturated heterocycles. The third-order valence-corrected chi connectivity index (χ3v) is 1.65. The second kappa shape index (κ2) is 7.33. The predicted octanol–water partition coefficient (Wildman–Crippen LogP) is 3.08. The zero-order valence-corrected chi connectivity index (χ0v) is 8.34. The van der Waals surface area contributed by atoms with Crippen molar-refractivity contribution >= 4 is 6.29 Å². The largest absolute Gasteiger partial charge is 0.368 e. The molecule has 1 heterocycles. The number of nitrogens with one attached hydrogen (secondary N) is 1. The van der Waals surface area contributed by atoms with Gasteiger partial charge in [0.15, 0.2) is 0 Å². The van der Waals surface area contributed by atoms with E-state index >= 15 is 0 Å². The van der Waals surface area contributed by atoms with Crippen LogP contribution in [0.1, 0.15) is 10.4 Å². The van der Waals surface area contributed by atoms with Crippen LogP contribution < -0.4 is 0 Å². The lowest BCUT2D eigenvalue weighted by Gasteiger charge is -1.78. The molecule has 0 bridgehead atoms. The van der Waals surface area contributed by atoms with E-state index in [0.717, 1.165) is 6.29 Å². The molecule has 76 valence electrons. The van der Waals surface area contributed by atoms with E-state index in [9.17, 15) is 4.79 Å². The number of aromatic nitrogens is 1. The van der Waals surface area contributed by atoms with Gasteiger partial charge in [0.2, 0.25) is 0 Å². The molecule has 0 aromatic carbocycles. The van der Waals surface area contributed by atoms with Gasteiger partial charge in [-0.05, 0) is 12.1 Å². The van der Waals surface area contributed by atoms with Gasteiger partial charge < -0.3 is 4.98 Å². The number of rotatable bonds is 1. The van der Waals surface area contributed by atoms with Crippen LogP contribution in [-0.4, -0.2) is 11.3 Å². The monoisotopic (exact) mass is 199 g/mol. The fourth-order valence-electron chi connectivity index (χ4n) is 0.938. The zero-order chi connectivity index (χ0) is 10.8. The van der Waals surface area contributed by atoms with Gasteiger partial charge in [-0.1, -0.05) is 42.5 Å². The number of carbonyl (C=O) groups excluding carboxylic acids is 1. The van der Waals surface area contributed by atoms with Gasteiger partial charge in [-0.3, -0.25) is 4.79 Å². The fraction of sp³-hybridized carbons (Fsp3) is 0. The zero-order valence-electron chi connectivity index (χ0n) is 8.34. The van der Waals surface area contributed by atoms with Crippen LogP contribution in [0.25, 0.3) is 0 Å². The molecule has 0 aliphatic carbocycles. The molecule has 0 spiro atoms. The highest BCUT2D eigenvalue weighted by Gasteiger charge is 1.77. The molecule has 1 rings (SSSR count). The molecule has 1 N–H and O–H groups in total. The third kappa shape index (κ3) is 5.26. The molecule has 0 amide bonds. The van der Waals surface area contributed by atoms with Crippen molar-refractivity contribution in [2.24, 2.45) is 0 Å². The van der Waals surface area contributed by atoms with Crippen molar-refractivity contribution in [2.45, 2.75) is 0 Å². The summed E-state index contributed by atoms with van der Waals surface area (Å²) in [6.45, 7) is 0. The Bertz CT molecular complexity index is 372. The molecule has 2 nitrogen and oxygen atoms in total. The van der Waals surface area contributed by atoms with E-state index in [1.165, 1.54) is 0 Å². The Labute approximate surface area is 89.3 Å². The highest BCUT2D eigenvalue weighted by molar-refractivity contribution is 5.73. The van der Waals surface area contributed by atoms with E-state index in [-0.39, 0.29) is 0 Å². The molecular formula is C13H13NO. The van der Waals surface area contributed by atoms with Crippen molar-refractivity contribution in [3.63, 3.8) is 0 Å². The Morgan fingerprint density at radius 3 is 2.07 bits per heavy atom. The molecule has 0 unspecified atom stereocenters. The van der Waals surface area contributed by atoms with Gasteiger partial charge in [-0.2, -0.15) is 0 Å². The summed E-state index contributed by atoms with van der Waals surface area (Å²) >= 11 is 0. The fourth-order valence-corrected chi connectivity index (χ4v) is 0.938. The maximum absolute atomic E-state index is 10.6. The van der Waals surface area contributed by atoms with Crippen molar-refractivity contribution in [3.05, 3.63) is 72.6 Å². The smallest absolute Gasteiger partial charge is 0.150 e. The van der Waals surface area contributed by atoms with Crippen molar-refractivity contribution in [1.29, 1.82) is 0 Å². The molecule has 1 aromatic heterocycles. The molecule has 0 fully saturated rings. The number of hydrogen-bond donors (Lipinski definition) is 1. The van der Waals surface area contributed by atoms with E-state index in [1.807, 2.05) is 42.6 Å². The average Bonchev–Trinajstić information content (AvgIpc) is 2.29. The number of aldehydes is 1. The van der Waals surface area contributed by atoms with Crippen LogP contribution in [0, 0.1) is 0 Å². The van der Waals surface area contributed by atoms with Crippen molar-refractivity contribution in [2.75, 3.05) is 0 Å². The third-order valence-electron chi connectivity index (χ3n) is 1.65. The second-order valence-electron chi connectivity index (χ2n) is 2.80. The van der Waals surface area contributed by atoms with Crippen LogP contribution in [0.5, 0.6) is 0 Å². The molecule has 0 atom stereocenters. The highest BCUT2D eigenvalue weighted by Crippen LogP contribution is 1.88. The Morgan fingerprint density at radius 2 is 1.33 bits per heavy atom. The summed E-state index contributed by atoms with van der Waals surface area (Å²) in [6.07, 6.45) is 4.43. The first-order valence-electron chi connectivity index (χ1n) is 4.68. The van der Waals surface area contributed by atoms with E-state index < -0.39 is 0 Å². The quantitative estimate of drug-likeness (QED) is 0.693. The van der Waals surface area contributed by atoms with Crippen molar-refractivity contribution in [1.82, 2.24) is 4.98 Å². The predicted molar refractivity (Wildman–Crippen MR) is 61.4 cm³/mol. The van der Waals surface area contributed by atoms with Gasteiger partial charge in [-0.25, -0.2) is 0 Å². The van der Waals surface area contributed by atoms with Crippen molar-refractivity contribution in [3.8, 4) is 0 Å². The second-order valence-corrected chi connectivity index (χ2v) is 2.80. The molecule has 1 aromatic rings. The Morgan fingerprint density at radius 1 is 0.800 bits per heavy atom. The SMILES string of the molecule is O=Cc1ccccccc[nH]cccc1. The molecule has 0 radical (unpaired) electrons. The lowest BCUT2D eigenvalue weighted by molar-refractivity contribution is 0.112. The van der Waals surface area contributed by atoms with Crippen LogP contribution in [0.4, 0.5) is 0 Å². The summed E-state index contributed by atoms with van der Waals surface area (Å²) in [5.74, 6) is 0. The van der Waals surface area contributed by atoms with Crippen LogP contribution >= 0.6 is 0 Å². The summed E-state index contributed by atoms with van der Waals surface area (Å²) in [7, 11) is 0. The van der Waals surface area contributed by atoms with Gasteiger partial charge in [0, 0.05) is 18.0 Å². The first kappa shape index (κ1) is 11.0. The van der Waals surface area contributed by atoms with Gasteiger partial charge >= 0.3 is 0 Å². The molecule has 2 heteroatoms. The summed E-state index contributed by atoms with van der Waals surface area (Å²) in [6, 6.07) is 16.5. The van der Waals surface area contributed by atoms with E-state index in [1.54, 1.807) is 24.4 Å². The Kier molecular flexibility index (Phi) is 5.37. The van der Waals surface area contributed by atoms with Crippen molar-refractivity contribution < 1.29 is 4.79 Å². The van der Waals surface area contributed by atoms with E-state index in [2.05, 4.69) is 4.98 Å². The van der Waals surface area contributed by atoms with Crippen LogP contribution in [0.2, 0.25) is 0 Å². The molecule has 0 aliphatic rings. The standard InChI is InChI=1S/C13H13NO/c15-12-13-8-4-2-1-3-6-10-14-11-7-5-9-13/h1-12,14H. The Hall–Kier alpha value is -2.09. The minimum absolute atomic E-state index is 0.636. The van der Waals surface area contributed by atoms with Crippen LogP contribution in [-0.2, 0) is 0 Å². The number of hydrogen-bond acceptors (Lipinski definition) is 1. The maximum atomic E-state index is 10.6. The summed E-state index contributed by atoms with van der Waals surface area (Å²) in [5, 5.41) is 0. The van der Waals surface area contributed by atoms with Crippen LogP contribution in [0.15, 0.2) is 67.0 Å². The van der Waals surface area contributed by atoms with Gasteiger partial charge in [0.1, 0.15) is 6.29 Å². The minimum atomic E-state index is 0.636. The van der Waals surface area contributed by atoms with Gasteiger partial charge in [0.25, 0.3) is 0 Å². The number of aromatic amines is 1. The molecular weight excluding hydrogens is 186 g/mol. The topological polar surface area (TPSA) is 32.9 Å². The normalized spacial score (nSPS) is 8.27. The molecule has 15 heavy (non-hydrogen) atoms. The minimum Gasteiger partial charge on any atom is -0.368 e. The lowest BCUT2D eigenvalue weighted by atomic mass is 10.3. The first-order valence-corrected chi connectivity index (χ1v) is 4.68. The van der Waals surface area contributed by atoms with E-state index in [4.69, 9.17) is 0 Å². The van der Waals surface area contributed by atoms with Gasteiger partial charge in [0.05, 0.1) is 0 Å². The van der Waals surface area contributed by atoms with E-state index in [0.29, 0.717) is 5.56 Å². The lowest BCUT2D eigenvalue weighted by Crippen LogP contribution is -1.70. The number of H-pyrrole nitrogens is 1. The maximum Gasteiger partial charge on any atom is 0.150 e.